The molecule has 1 unspecified atom stereocenters. The van der Waals surface area contributed by atoms with Gasteiger partial charge in [-0.3, -0.25) is 0 Å². The molecule has 180 valence electrons. The van der Waals surface area contributed by atoms with Gasteiger partial charge in [-0.25, -0.2) is 0 Å². The summed E-state index contributed by atoms with van der Waals surface area (Å²) in [6.45, 7) is 1.56. The molecule has 5 heteroatoms. The van der Waals surface area contributed by atoms with Crippen LogP contribution in [0.4, 0.5) is 0 Å². The molecule has 0 N–H and O–H groups in total. The molecule has 4 atom stereocenters. The summed E-state index contributed by atoms with van der Waals surface area (Å²) < 4.78 is 39.4. The maximum Gasteiger partial charge on any atom is 0.146 e. The number of ether oxygens (including phenoxy) is 5. The highest BCUT2D eigenvalue weighted by molar-refractivity contribution is 5.15. The molecule has 0 amide bonds. The third-order valence-electron chi connectivity index (χ3n) is 5.89. The number of methoxy groups -OCH3 is 1. The van der Waals surface area contributed by atoms with Crippen LogP contribution >= 0.6 is 0 Å². The van der Waals surface area contributed by atoms with Crippen LogP contribution in [-0.4, -0.2) is 38.8 Å². The van der Waals surface area contributed by atoms with Crippen LogP contribution in [0.2, 0.25) is 0 Å². The Balaban J connectivity index is 1.51. The number of hydrogen-bond donors (Lipinski definition) is 0. The largest absolute Gasteiger partial charge is 0.376 e. The Morgan fingerprint density at radius 1 is 0.676 bits per heavy atom. The molecule has 0 bridgehead atoms. The molecule has 4 rings (SSSR count). The van der Waals surface area contributed by atoms with E-state index < -0.39 is 18.1 Å². The fourth-order valence-electron chi connectivity index (χ4n) is 4.18. The predicted octanol–water partition coefficient (Wildman–Crippen LogP) is 5.38. The molecule has 1 aliphatic rings. The first kappa shape index (κ1) is 23.2. The summed E-state index contributed by atoms with van der Waals surface area (Å²) in [5.74, 6) is -1.04. The van der Waals surface area contributed by atoms with Crippen molar-refractivity contribution in [3.8, 4) is 0 Å². The molecule has 5 nitrogen and oxygen atoms in total. The van der Waals surface area contributed by atoms with E-state index >= 15 is 0 Å². The van der Waals surface area contributed by atoms with E-state index in [0.717, 1.165) is 16.7 Å². The normalized spacial score (nSPS) is 24.7. The lowest BCUT2D eigenvalue weighted by Crippen LogP contribution is -2.38. The van der Waals surface area contributed by atoms with Gasteiger partial charge in [0.1, 0.15) is 12.9 Å². The van der Waals surface area contributed by atoms with Gasteiger partial charge in [0, 0.05) is 14.4 Å². The first-order chi connectivity index (χ1) is 17.2. The minimum atomic E-state index is -1.04. The quantitative estimate of drug-likeness (QED) is 0.318. The van der Waals surface area contributed by atoms with Gasteiger partial charge < -0.3 is 23.7 Å². The van der Waals surface area contributed by atoms with Gasteiger partial charge in [0.15, 0.2) is 0 Å². The average Bonchev–Trinajstić information content (AvgIpc) is 3.17. The third kappa shape index (κ3) is 7.23. The fraction of sp³-hybridized carbons (Fsp3) is 0.379. The number of rotatable bonds is 13. The van der Waals surface area contributed by atoms with Crippen LogP contribution in [0.25, 0.3) is 0 Å². The van der Waals surface area contributed by atoms with E-state index in [1.165, 1.54) is 0 Å². The molecule has 0 heterocycles. The van der Waals surface area contributed by atoms with Crippen molar-refractivity contribution >= 4 is 0 Å². The van der Waals surface area contributed by atoms with Crippen molar-refractivity contribution in [1.82, 2.24) is 0 Å². The van der Waals surface area contributed by atoms with Gasteiger partial charge in [-0.05, 0) is 23.1 Å². The lowest BCUT2D eigenvalue weighted by atomic mass is 10.1. The monoisotopic (exact) mass is 463 g/mol. The second kappa shape index (κ2) is 13.4. The zero-order valence-corrected chi connectivity index (χ0v) is 19.7. The molecule has 0 aromatic heterocycles. The molecule has 0 saturated heterocycles. The summed E-state index contributed by atoms with van der Waals surface area (Å²) in [6, 6.07) is 30.0. The van der Waals surface area contributed by atoms with Crippen LogP contribution in [0.3, 0.4) is 0 Å². The molecule has 1 aliphatic carbocycles. The molecule has 1 saturated carbocycles. The third-order valence-corrected chi connectivity index (χ3v) is 5.89. The van der Waals surface area contributed by atoms with Crippen LogP contribution < -0.4 is 0 Å². The molecule has 3 aromatic rings. The Labute approximate surface area is 204 Å². The summed E-state index contributed by atoms with van der Waals surface area (Å²) in [5, 5.41) is 0. The van der Waals surface area contributed by atoms with E-state index in [1.54, 1.807) is 7.11 Å². The number of hydrogen-bond acceptors (Lipinski definition) is 5. The van der Waals surface area contributed by atoms with Gasteiger partial charge in [-0.2, -0.15) is 0 Å². The molecule has 0 radical (unpaired) electrons. The van der Waals surface area contributed by atoms with Gasteiger partial charge in [0.05, 0.1) is 38.6 Å². The first-order valence-corrected chi connectivity index (χ1v) is 11.7. The van der Waals surface area contributed by atoms with E-state index in [-0.39, 0.29) is 19.5 Å². The standard InChI is InChI=1S/C29H34O5/c1-30-22-34-27-17-26(21-31-18-23-11-5-2-6-12-23)28(32-19-24-13-7-3-8-14-24)29(27)33-20-25-15-9-4-10-16-25/h2-16,26-29H,17-22H2,1H3/t26?,27-,28-,29-/m1/s1/i26D. The smallest absolute Gasteiger partial charge is 0.146 e. The second-order valence-electron chi connectivity index (χ2n) is 8.43. The van der Waals surface area contributed by atoms with Crippen LogP contribution in [0, 0.1) is 5.89 Å². The van der Waals surface area contributed by atoms with Gasteiger partial charge in [0.2, 0.25) is 0 Å². The van der Waals surface area contributed by atoms with E-state index in [9.17, 15) is 1.37 Å². The van der Waals surface area contributed by atoms with Crippen molar-refractivity contribution in [2.24, 2.45) is 5.89 Å². The predicted molar refractivity (Wildman–Crippen MR) is 131 cm³/mol. The Hall–Kier alpha value is -2.54. The molecule has 0 aliphatic heterocycles. The maximum atomic E-state index is 9.40. The second-order valence-corrected chi connectivity index (χ2v) is 8.43. The van der Waals surface area contributed by atoms with E-state index in [0.29, 0.717) is 26.2 Å². The summed E-state index contributed by atoms with van der Waals surface area (Å²) >= 11 is 0. The summed E-state index contributed by atoms with van der Waals surface area (Å²) in [6.07, 6.45) is -0.905. The molecular formula is C29H34O5. The SMILES string of the molecule is [2H]C1(COCc2ccccc2)C[C@@H](OCOC)[C@@H](OCc2ccccc2)[C@@H]1OCc1ccccc1. The van der Waals surface area contributed by atoms with Crippen LogP contribution in [0.5, 0.6) is 0 Å². The maximum absolute atomic E-state index is 9.40. The first-order valence-electron chi connectivity index (χ1n) is 12.2. The van der Waals surface area contributed by atoms with Crippen LogP contribution in [-0.2, 0) is 43.5 Å². The zero-order chi connectivity index (χ0) is 24.3. The Morgan fingerprint density at radius 3 is 1.71 bits per heavy atom. The van der Waals surface area contributed by atoms with Gasteiger partial charge in [0.25, 0.3) is 0 Å². The lowest BCUT2D eigenvalue weighted by molar-refractivity contribution is -0.151. The summed E-state index contributed by atoms with van der Waals surface area (Å²) in [7, 11) is 1.59. The Bertz CT molecular complexity index is 988. The van der Waals surface area contributed by atoms with Gasteiger partial charge in [-0.1, -0.05) is 91.0 Å². The van der Waals surface area contributed by atoms with Gasteiger partial charge in [-0.15, -0.1) is 0 Å². The zero-order valence-electron chi connectivity index (χ0n) is 20.7. The van der Waals surface area contributed by atoms with E-state index in [4.69, 9.17) is 23.7 Å². The highest BCUT2D eigenvalue weighted by atomic mass is 16.7. The van der Waals surface area contributed by atoms with Crippen LogP contribution in [0.1, 0.15) is 24.5 Å². The van der Waals surface area contributed by atoms with Crippen molar-refractivity contribution in [1.29, 1.82) is 0 Å². The fourth-order valence-corrected chi connectivity index (χ4v) is 4.18. The minimum absolute atomic E-state index is 0.127. The highest BCUT2D eigenvalue weighted by Gasteiger charge is 2.46. The van der Waals surface area contributed by atoms with Crippen molar-refractivity contribution in [3.05, 3.63) is 108 Å². The molecule has 1 fully saturated rings. The van der Waals surface area contributed by atoms with Crippen LogP contribution in [0.15, 0.2) is 91.0 Å². The van der Waals surface area contributed by atoms with Crippen molar-refractivity contribution < 1.29 is 25.1 Å². The van der Waals surface area contributed by atoms with E-state index in [2.05, 4.69) is 0 Å². The Kier molecular flexibility index (Phi) is 9.13. The molecule has 3 aromatic carbocycles. The summed E-state index contributed by atoms with van der Waals surface area (Å²) in [5.41, 5.74) is 3.17. The van der Waals surface area contributed by atoms with Crippen molar-refractivity contribution in [3.63, 3.8) is 0 Å². The molecule has 0 spiro atoms. The molecular weight excluding hydrogens is 428 g/mol. The lowest BCUT2D eigenvalue weighted by Gasteiger charge is -2.27. The summed E-state index contributed by atoms with van der Waals surface area (Å²) in [4.78, 5) is 0. The van der Waals surface area contributed by atoms with Gasteiger partial charge >= 0.3 is 0 Å². The Morgan fingerprint density at radius 2 is 1.18 bits per heavy atom. The minimum Gasteiger partial charge on any atom is -0.376 e. The molecule has 34 heavy (non-hydrogen) atoms. The van der Waals surface area contributed by atoms with Crippen molar-refractivity contribution in [2.45, 2.75) is 44.6 Å². The number of benzene rings is 3. The highest BCUT2D eigenvalue weighted by Crippen LogP contribution is 2.35. The van der Waals surface area contributed by atoms with E-state index in [1.807, 2.05) is 91.0 Å². The average molecular weight is 464 g/mol. The van der Waals surface area contributed by atoms with Crippen molar-refractivity contribution in [2.75, 3.05) is 20.5 Å². The topological polar surface area (TPSA) is 46.2 Å².